The second-order valence-corrected chi connectivity index (χ2v) is 5.31. The van der Waals surface area contributed by atoms with E-state index in [-0.39, 0.29) is 24.8 Å². The number of nitrogens with one attached hydrogen (secondary N) is 1. The van der Waals surface area contributed by atoms with Crippen LogP contribution in [-0.2, 0) is 14.3 Å². The smallest absolute Gasteiger partial charge is 0.320 e. The average Bonchev–Trinajstić information content (AvgIpc) is 2.41. The molecule has 0 aliphatic heterocycles. The fourth-order valence-electron chi connectivity index (χ4n) is 1.60. The number of rotatable bonds is 7. The molecule has 0 spiro atoms. The Hall–Kier alpha value is -1.30. The molecule has 0 aliphatic rings. The minimum Gasteiger partial charge on any atom is -0.465 e. The van der Waals surface area contributed by atoms with Gasteiger partial charge in [0.25, 0.3) is 0 Å². The quantitative estimate of drug-likeness (QED) is 0.780. The maximum absolute atomic E-state index is 11.8. The Morgan fingerprint density at radius 3 is 2.71 bits per heavy atom. The standard InChI is InChI=1S/C14H18Cl2N2O3/c1-3-21-14(20)9-18(2)7-6-13(19)17-12-8-10(15)4-5-11(12)16/h4-5,8H,3,6-7,9H2,1-2H3,(H,17,19). The van der Waals surface area contributed by atoms with E-state index in [0.29, 0.717) is 28.9 Å². The molecule has 0 saturated heterocycles. The highest BCUT2D eigenvalue weighted by Gasteiger charge is 2.10. The van der Waals surface area contributed by atoms with Crippen LogP contribution in [0.5, 0.6) is 0 Å². The summed E-state index contributed by atoms with van der Waals surface area (Å²) in [4.78, 5) is 24.8. The van der Waals surface area contributed by atoms with Gasteiger partial charge in [0.05, 0.1) is 23.9 Å². The molecule has 0 bridgehead atoms. The molecule has 1 rings (SSSR count). The van der Waals surface area contributed by atoms with Gasteiger partial charge in [0, 0.05) is 18.0 Å². The third-order valence-electron chi connectivity index (χ3n) is 2.63. The van der Waals surface area contributed by atoms with Crippen molar-refractivity contribution in [2.75, 3.05) is 32.1 Å². The summed E-state index contributed by atoms with van der Waals surface area (Å²) in [6, 6.07) is 4.85. The minimum atomic E-state index is -0.307. The zero-order valence-electron chi connectivity index (χ0n) is 12.0. The van der Waals surface area contributed by atoms with E-state index in [1.807, 2.05) is 0 Å². The SMILES string of the molecule is CCOC(=O)CN(C)CCC(=O)Nc1cc(Cl)ccc1Cl. The molecule has 0 heterocycles. The maximum atomic E-state index is 11.8. The highest BCUT2D eigenvalue weighted by atomic mass is 35.5. The van der Waals surface area contributed by atoms with Crippen molar-refractivity contribution in [3.63, 3.8) is 0 Å². The number of likely N-dealkylation sites (N-methyl/N-ethyl adjacent to an activating group) is 1. The summed E-state index contributed by atoms with van der Waals surface area (Å²) in [7, 11) is 1.75. The van der Waals surface area contributed by atoms with Crippen LogP contribution in [0, 0.1) is 0 Å². The molecule has 116 valence electrons. The van der Waals surface area contributed by atoms with E-state index in [1.165, 1.54) is 0 Å². The van der Waals surface area contributed by atoms with Gasteiger partial charge in [0.1, 0.15) is 0 Å². The Balaban J connectivity index is 2.40. The first-order valence-electron chi connectivity index (χ1n) is 6.51. The summed E-state index contributed by atoms with van der Waals surface area (Å²) in [6.45, 7) is 2.68. The topological polar surface area (TPSA) is 58.6 Å². The van der Waals surface area contributed by atoms with E-state index in [0.717, 1.165) is 0 Å². The zero-order chi connectivity index (χ0) is 15.8. The predicted molar refractivity (Wildman–Crippen MR) is 83.8 cm³/mol. The van der Waals surface area contributed by atoms with Gasteiger partial charge in [0.15, 0.2) is 0 Å². The van der Waals surface area contributed by atoms with E-state index >= 15 is 0 Å². The molecule has 7 heteroatoms. The number of ether oxygens (including phenoxy) is 1. The number of anilines is 1. The number of hydrogen-bond donors (Lipinski definition) is 1. The number of nitrogens with zero attached hydrogens (tertiary/aromatic N) is 1. The first kappa shape index (κ1) is 17.8. The van der Waals surface area contributed by atoms with Crippen LogP contribution in [0.4, 0.5) is 5.69 Å². The van der Waals surface area contributed by atoms with Crippen LogP contribution in [0.2, 0.25) is 10.0 Å². The van der Waals surface area contributed by atoms with E-state index in [2.05, 4.69) is 5.32 Å². The number of carbonyl (C=O) groups excluding carboxylic acids is 2. The van der Waals surface area contributed by atoms with Gasteiger partial charge in [-0.15, -0.1) is 0 Å². The summed E-state index contributed by atoms with van der Waals surface area (Å²) in [6.07, 6.45) is 0.235. The normalized spacial score (nSPS) is 10.5. The first-order valence-corrected chi connectivity index (χ1v) is 7.27. The second-order valence-electron chi connectivity index (χ2n) is 4.47. The number of hydrogen-bond acceptors (Lipinski definition) is 4. The molecule has 0 radical (unpaired) electrons. The van der Waals surface area contributed by atoms with Crippen molar-refractivity contribution in [3.05, 3.63) is 28.2 Å². The summed E-state index contributed by atoms with van der Waals surface area (Å²) in [5, 5.41) is 3.60. The molecule has 1 aromatic carbocycles. The van der Waals surface area contributed by atoms with E-state index in [1.54, 1.807) is 37.1 Å². The molecular weight excluding hydrogens is 315 g/mol. The Morgan fingerprint density at radius 2 is 2.05 bits per heavy atom. The van der Waals surface area contributed by atoms with Crippen molar-refractivity contribution >= 4 is 40.8 Å². The third-order valence-corrected chi connectivity index (χ3v) is 3.19. The van der Waals surface area contributed by atoms with Crippen molar-refractivity contribution in [2.24, 2.45) is 0 Å². The van der Waals surface area contributed by atoms with E-state index in [4.69, 9.17) is 27.9 Å². The number of amides is 1. The van der Waals surface area contributed by atoms with Gasteiger partial charge < -0.3 is 10.1 Å². The highest BCUT2D eigenvalue weighted by Crippen LogP contribution is 2.25. The zero-order valence-corrected chi connectivity index (χ0v) is 13.5. The molecule has 1 amide bonds. The second kappa shape index (κ2) is 8.87. The van der Waals surface area contributed by atoms with Crippen molar-refractivity contribution < 1.29 is 14.3 Å². The lowest BCUT2D eigenvalue weighted by Crippen LogP contribution is -2.30. The molecule has 1 N–H and O–H groups in total. The van der Waals surface area contributed by atoms with E-state index in [9.17, 15) is 9.59 Å². The van der Waals surface area contributed by atoms with Crippen molar-refractivity contribution in [1.29, 1.82) is 0 Å². The predicted octanol–water partition coefficient (Wildman–Crippen LogP) is 2.82. The van der Waals surface area contributed by atoms with Gasteiger partial charge in [-0.25, -0.2) is 0 Å². The van der Waals surface area contributed by atoms with Gasteiger partial charge in [-0.3, -0.25) is 14.5 Å². The van der Waals surface area contributed by atoms with Crippen LogP contribution in [0.3, 0.4) is 0 Å². The van der Waals surface area contributed by atoms with Crippen LogP contribution >= 0.6 is 23.2 Å². The van der Waals surface area contributed by atoms with Gasteiger partial charge in [-0.1, -0.05) is 23.2 Å². The molecular formula is C14H18Cl2N2O3. The number of halogens is 2. The van der Waals surface area contributed by atoms with Crippen molar-refractivity contribution in [2.45, 2.75) is 13.3 Å². The summed E-state index contributed by atoms with van der Waals surface area (Å²) in [5.74, 6) is -0.506. The van der Waals surface area contributed by atoms with Crippen LogP contribution in [0.25, 0.3) is 0 Å². The van der Waals surface area contributed by atoms with Gasteiger partial charge in [-0.05, 0) is 32.2 Å². The molecule has 0 aliphatic carbocycles. The molecule has 0 fully saturated rings. The number of carbonyl (C=O) groups is 2. The summed E-state index contributed by atoms with van der Waals surface area (Å²) >= 11 is 11.8. The Morgan fingerprint density at radius 1 is 1.33 bits per heavy atom. The molecule has 1 aromatic rings. The number of benzene rings is 1. The molecule has 21 heavy (non-hydrogen) atoms. The van der Waals surface area contributed by atoms with Crippen LogP contribution in [0.15, 0.2) is 18.2 Å². The maximum Gasteiger partial charge on any atom is 0.320 e. The van der Waals surface area contributed by atoms with Crippen LogP contribution in [0.1, 0.15) is 13.3 Å². The fraction of sp³-hybridized carbons (Fsp3) is 0.429. The van der Waals surface area contributed by atoms with Gasteiger partial charge in [-0.2, -0.15) is 0 Å². The summed E-state index contributed by atoms with van der Waals surface area (Å²) < 4.78 is 4.83. The average molecular weight is 333 g/mol. The van der Waals surface area contributed by atoms with Gasteiger partial charge in [0.2, 0.25) is 5.91 Å². The largest absolute Gasteiger partial charge is 0.465 e. The van der Waals surface area contributed by atoms with Crippen molar-refractivity contribution in [3.8, 4) is 0 Å². The van der Waals surface area contributed by atoms with Gasteiger partial charge >= 0.3 is 5.97 Å². The van der Waals surface area contributed by atoms with Crippen LogP contribution < -0.4 is 5.32 Å². The lowest BCUT2D eigenvalue weighted by molar-refractivity contribution is -0.144. The Kier molecular flexibility index (Phi) is 7.50. The molecule has 0 atom stereocenters. The molecule has 0 saturated carbocycles. The molecule has 5 nitrogen and oxygen atoms in total. The number of esters is 1. The molecule has 0 unspecified atom stereocenters. The minimum absolute atomic E-state index is 0.152. The van der Waals surface area contributed by atoms with Crippen molar-refractivity contribution in [1.82, 2.24) is 4.90 Å². The molecule has 0 aromatic heterocycles. The monoisotopic (exact) mass is 332 g/mol. The third kappa shape index (κ3) is 6.80. The van der Waals surface area contributed by atoms with Crippen LogP contribution in [-0.4, -0.2) is 43.5 Å². The van der Waals surface area contributed by atoms with E-state index < -0.39 is 0 Å². The lowest BCUT2D eigenvalue weighted by Gasteiger charge is -2.15. The summed E-state index contributed by atoms with van der Waals surface area (Å²) in [5.41, 5.74) is 0.474. The lowest BCUT2D eigenvalue weighted by atomic mass is 10.3. The first-order chi connectivity index (χ1) is 9.92. The highest BCUT2D eigenvalue weighted by molar-refractivity contribution is 6.35. The fourth-order valence-corrected chi connectivity index (χ4v) is 1.94. The Bertz CT molecular complexity index is 509. The Labute approximate surface area is 134 Å².